The quantitative estimate of drug-likeness (QED) is 0.831. The number of hydrogen-bond acceptors (Lipinski definition) is 4. The van der Waals surface area contributed by atoms with Gasteiger partial charge < -0.3 is 14.8 Å². The van der Waals surface area contributed by atoms with Gasteiger partial charge in [-0.1, -0.05) is 0 Å². The molecule has 2 rings (SSSR count). The Morgan fingerprint density at radius 3 is 3.06 bits per heavy atom. The van der Waals surface area contributed by atoms with Gasteiger partial charge in [0.1, 0.15) is 5.76 Å². The maximum atomic E-state index is 9.32. The lowest BCUT2D eigenvalue weighted by Gasteiger charge is -2.37. The fourth-order valence-corrected chi connectivity index (χ4v) is 2.31. The van der Waals surface area contributed by atoms with Crippen molar-refractivity contribution in [3.63, 3.8) is 0 Å². The summed E-state index contributed by atoms with van der Waals surface area (Å²) in [6, 6.07) is 4.08. The second-order valence-corrected chi connectivity index (χ2v) is 5.36. The van der Waals surface area contributed by atoms with E-state index in [-0.39, 0.29) is 18.2 Å². The molecule has 1 saturated heterocycles. The molecule has 0 bridgehead atoms. The maximum absolute atomic E-state index is 9.32. The number of rotatable bonds is 3. The van der Waals surface area contributed by atoms with Crippen molar-refractivity contribution in [3.8, 4) is 0 Å². The molecule has 0 aliphatic carbocycles. The molecule has 0 amide bonds. The Morgan fingerprint density at radius 1 is 1.59 bits per heavy atom. The van der Waals surface area contributed by atoms with Crippen LogP contribution in [0.4, 0.5) is 0 Å². The second-order valence-electron chi connectivity index (χ2n) is 5.36. The van der Waals surface area contributed by atoms with E-state index >= 15 is 0 Å². The summed E-state index contributed by atoms with van der Waals surface area (Å²) in [4.78, 5) is 2.38. The Bertz CT molecular complexity index is 335. The average Bonchev–Trinajstić information content (AvgIpc) is 2.73. The zero-order valence-corrected chi connectivity index (χ0v) is 10.6. The predicted molar refractivity (Wildman–Crippen MR) is 66.7 cm³/mol. The summed E-state index contributed by atoms with van der Waals surface area (Å²) >= 11 is 0. The van der Waals surface area contributed by atoms with Crippen molar-refractivity contribution in [2.24, 2.45) is 0 Å². The van der Waals surface area contributed by atoms with Crippen molar-refractivity contribution in [2.75, 3.05) is 19.7 Å². The zero-order chi connectivity index (χ0) is 12.3. The van der Waals surface area contributed by atoms with E-state index in [1.54, 1.807) is 6.26 Å². The van der Waals surface area contributed by atoms with E-state index in [1.807, 2.05) is 12.1 Å². The van der Waals surface area contributed by atoms with Crippen LogP contribution in [0.2, 0.25) is 0 Å². The predicted octanol–water partition coefficient (Wildman–Crippen LogP) is 1.21. The number of nitrogens with zero attached hydrogens (tertiary/aromatic N) is 1. The molecular weight excluding hydrogens is 216 g/mol. The molecule has 4 heteroatoms. The van der Waals surface area contributed by atoms with Crippen LogP contribution in [-0.4, -0.2) is 41.3 Å². The Labute approximate surface area is 103 Å². The molecule has 2 N–H and O–H groups in total. The highest BCUT2D eigenvalue weighted by Crippen LogP contribution is 2.23. The smallest absolute Gasteiger partial charge is 0.117 e. The standard InChI is InChI=1S/C13H22N2O2/c1-13(2)5-6-14-11(10-16)8-15(13)9-12-4-3-7-17-12/h3-4,7,11,14,16H,5-6,8-10H2,1-2H3. The Kier molecular flexibility index (Phi) is 3.86. The van der Waals surface area contributed by atoms with E-state index in [0.29, 0.717) is 0 Å². The van der Waals surface area contributed by atoms with E-state index in [1.165, 1.54) is 0 Å². The molecule has 1 aromatic heterocycles. The summed E-state index contributed by atoms with van der Waals surface area (Å²) in [6.45, 7) is 7.29. The van der Waals surface area contributed by atoms with Gasteiger partial charge in [-0.25, -0.2) is 0 Å². The van der Waals surface area contributed by atoms with Crippen molar-refractivity contribution in [3.05, 3.63) is 24.2 Å². The third-order valence-electron chi connectivity index (χ3n) is 3.61. The van der Waals surface area contributed by atoms with Crippen LogP contribution in [0, 0.1) is 0 Å². The van der Waals surface area contributed by atoms with Crippen LogP contribution in [0.3, 0.4) is 0 Å². The van der Waals surface area contributed by atoms with Crippen LogP contribution < -0.4 is 5.32 Å². The monoisotopic (exact) mass is 238 g/mol. The topological polar surface area (TPSA) is 48.6 Å². The fraction of sp³-hybridized carbons (Fsp3) is 0.692. The summed E-state index contributed by atoms with van der Waals surface area (Å²) in [5, 5.41) is 12.7. The molecule has 0 spiro atoms. The molecule has 1 aromatic rings. The molecule has 1 unspecified atom stereocenters. The van der Waals surface area contributed by atoms with Gasteiger partial charge in [-0.15, -0.1) is 0 Å². The molecule has 4 nitrogen and oxygen atoms in total. The summed E-state index contributed by atoms with van der Waals surface area (Å²) in [5.74, 6) is 0.983. The van der Waals surface area contributed by atoms with Gasteiger partial charge in [-0.2, -0.15) is 0 Å². The van der Waals surface area contributed by atoms with E-state index in [9.17, 15) is 5.11 Å². The molecular formula is C13H22N2O2. The minimum Gasteiger partial charge on any atom is -0.468 e. The molecule has 17 heavy (non-hydrogen) atoms. The molecule has 1 atom stereocenters. The fourth-order valence-electron chi connectivity index (χ4n) is 2.31. The van der Waals surface area contributed by atoms with Gasteiger partial charge in [0.2, 0.25) is 0 Å². The Hall–Kier alpha value is -0.840. The van der Waals surface area contributed by atoms with Gasteiger partial charge in [-0.3, -0.25) is 4.90 Å². The van der Waals surface area contributed by atoms with Crippen LogP contribution in [0.25, 0.3) is 0 Å². The summed E-state index contributed by atoms with van der Waals surface area (Å²) in [7, 11) is 0. The van der Waals surface area contributed by atoms with Crippen LogP contribution >= 0.6 is 0 Å². The normalized spacial score (nSPS) is 25.7. The van der Waals surface area contributed by atoms with E-state index < -0.39 is 0 Å². The van der Waals surface area contributed by atoms with Crippen molar-refractivity contribution in [1.29, 1.82) is 0 Å². The van der Waals surface area contributed by atoms with Crippen molar-refractivity contribution >= 4 is 0 Å². The average molecular weight is 238 g/mol. The summed E-state index contributed by atoms with van der Waals surface area (Å²) in [5.41, 5.74) is 0.129. The van der Waals surface area contributed by atoms with Gasteiger partial charge in [0.15, 0.2) is 0 Å². The lowest BCUT2D eigenvalue weighted by Crippen LogP contribution is -2.46. The van der Waals surface area contributed by atoms with Crippen molar-refractivity contribution < 1.29 is 9.52 Å². The van der Waals surface area contributed by atoms with E-state index in [2.05, 4.69) is 24.1 Å². The molecule has 0 radical (unpaired) electrons. The first-order valence-electron chi connectivity index (χ1n) is 6.23. The van der Waals surface area contributed by atoms with Gasteiger partial charge in [0, 0.05) is 18.1 Å². The number of nitrogens with one attached hydrogen (secondary N) is 1. The second kappa shape index (κ2) is 5.21. The summed E-state index contributed by atoms with van der Waals surface area (Å²) in [6.07, 6.45) is 2.78. The lowest BCUT2D eigenvalue weighted by atomic mass is 9.98. The van der Waals surface area contributed by atoms with Crippen LogP contribution in [-0.2, 0) is 6.54 Å². The highest BCUT2D eigenvalue weighted by atomic mass is 16.3. The number of hydrogen-bond donors (Lipinski definition) is 2. The third kappa shape index (κ3) is 3.09. The largest absolute Gasteiger partial charge is 0.468 e. The van der Waals surface area contributed by atoms with Gasteiger partial charge in [0.25, 0.3) is 0 Å². The van der Waals surface area contributed by atoms with Crippen LogP contribution in [0.5, 0.6) is 0 Å². The van der Waals surface area contributed by atoms with Gasteiger partial charge in [-0.05, 0) is 38.9 Å². The Morgan fingerprint density at radius 2 is 2.41 bits per heavy atom. The van der Waals surface area contributed by atoms with E-state index in [4.69, 9.17) is 4.42 Å². The third-order valence-corrected chi connectivity index (χ3v) is 3.61. The van der Waals surface area contributed by atoms with Crippen LogP contribution in [0.1, 0.15) is 26.0 Å². The zero-order valence-electron chi connectivity index (χ0n) is 10.6. The molecule has 1 aliphatic rings. The Balaban J connectivity index is 2.08. The van der Waals surface area contributed by atoms with Gasteiger partial charge in [0.05, 0.1) is 19.4 Å². The number of aliphatic hydroxyl groups is 1. The molecule has 0 aromatic carbocycles. The molecule has 1 aliphatic heterocycles. The first kappa shape index (κ1) is 12.6. The SMILES string of the molecule is CC1(C)CCNC(CO)CN1Cc1ccco1. The highest BCUT2D eigenvalue weighted by molar-refractivity contribution is 5.00. The molecule has 96 valence electrons. The highest BCUT2D eigenvalue weighted by Gasteiger charge is 2.31. The molecule has 2 heterocycles. The van der Waals surface area contributed by atoms with Crippen LogP contribution in [0.15, 0.2) is 22.8 Å². The minimum atomic E-state index is 0.129. The van der Waals surface area contributed by atoms with Gasteiger partial charge >= 0.3 is 0 Å². The number of aliphatic hydroxyl groups excluding tert-OH is 1. The lowest BCUT2D eigenvalue weighted by molar-refractivity contribution is 0.0923. The maximum Gasteiger partial charge on any atom is 0.117 e. The minimum absolute atomic E-state index is 0.129. The molecule has 1 fully saturated rings. The first-order valence-corrected chi connectivity index (χ1v) is 6.23. The summed E-state index contributed by atoms with van der Waals surface area (Å²) < 4.78 is 5.41. The van der Waals surface area contributed by atoms with Crippen molar-refractivity contribution in [2.45, 2.75) is 38.4 Å². The van der Waals surface area contributed by atoms with E-state index in [0.717, 1.165) is 31.8 Å². The molecule has 0 saturated carbocycles. The number of furan rings is 1. The first-order chi connectivity index (χ1) is 8.12. The van der Waals surface area contributed by atoms with Crippen molar-refractivity contribution in [1.82, 2.24) is 10.2 Å².